The standard InChI is InChI=1S/C10H17NO2/c1-3-5-9-8(10(12)13-2)6-4-7-11-9/h3,8-9,11H,1,4-7H2,2H3. The van der Waals surface area contributed by atoms with Crippen LogP contribution in [0.5, 0.6) is 0 Å². The number of hydrogen-bond acceptors (Lipinski definition) is 3. The average Bonchev–Trinajstić information content (AvgIpc) is 2.18. The molecule has 0 aromatic heterocycles. The third-order valence-electron chi connectivity index (χ3n) is 2.51. The van der Waals surface area contributed by atoms with Gasteiger partial charge in [0.1, 0.15) is 0 Å². The maximum Gasteiger partial charge on any atom is 0.310 e. The summed E-state index contributed by atoms with van der Waals surface area (Å²) in [5, 5.41) is 3.31. The van der Waals surface area contributed by atoms with Crippen LogP contribution in [0.15, 0.2) is 12.7 Å². The van der Waals surface area contributed by atoms with Crippen molar-refractivity contribution in [2.45, 2.75) is 25.3 Å². The summed E-state index contributed by atoms with van der Waals surface area (Å²) in [4.78, 5) is 11.4. The fourth-order valence-electron chi connectivity index (χ4n) is 1.81. The Kier molecular flexibility index (Phi) is 3.96. The monoisotopic (exact) mass is 183 g/mol. The fraction of sp³-hybridized carbons (Fsp3) is 0.700. The number of carbonyl (C=O) groups excluding carboxylic acids is 1. The van der Waals surface area contributed by atoms with E-state index in [0.717, 1.165) is 25.8 Å². The first-order valence-electron chi connectivity index (χ1n) is 4.71. The first-order chi connectivity index (χ1) is 6.29. The summed E-state index contributed by atoms with van der Waals surface area (Å²) in [6.07, 6.45) is 4.66. The smallest absolute Gasteiger partial charge is 0.310 e. The number of rotatable bonds is 3. The molecule has 1 fully saturated rings. The van der Waals surface area contributed by atoms with Crippen LogP contribution in [-0.4, -0.2) is 25.7 Å². The van der Waals surface area contributed by atoms with Gasteiger partial charge >= 0.3 is 5.97 Å². The molecule has 3 nitrogen and oxygen atoms in total. The van der Waals surface area contributed by atoms with E-state index in [1.54, 1.807) is 0 Å². The van der Waals surface area contributed by atoms with E-state index in [4.69, 9.17) is 4.74 Å². The largest absolute Gasteiger partial charge is 0.469 e. The normalized spacial score (nSPS) is 28.1. The Hall–Kier alpha value is -0.830. The Balaban J connectivity index is 2.55. The molecule has 0 bridgehead atoms. The number of methoxy groups -OCH3 is 1. The summed E-state index contributed by atoms with van der Waals surface area (Å²) >= 11 is 0. The number of esters is 1. The number of ether oxygens (including phenoxy) is 1. The molecule has 1 aliphatic rings. The Morgan fingerprint density at radius 2 is 2.54 bits per heavy atom. The lowest BCUT2D eigenvalue weighted by molar-refractivity contribution is -0.147. The number of piperidine rings is 1. The zero-order valence-corrected chi connectivity index (χ0v) is 8.08. The van der Waals surface area contributed by atoms with Crippen molar-refractivity contribution >= 4 is 5.97 Å². The van der Waals surface area contributed by atoms with E-state index in [2.05, 4.69) is 11.9 Å². The maximum atomic E-state index is 11.4. The van der Waals surface area contributed by atoms with Crippen LogP contribution in [0, 0.1) is 5.92 Å². The molecule has 2 unspecified atom stereocenters. The molecule has 0 aromatic carbocycles. The lowest BCUT2D eigenvalue weighted by Crippen LogP contribution is -2.44. The number of carbonyl (C=O) groups is 1. The van der Waals surface area contributed by atoms with Crippen LogP contribution in [-0.2, 0) is 9.53 Å². The van der Waals surface area contributed by atoms with Crippen molar-refractivity contribution in [1.82, 2.24) is 5.32 Å². The highest BCUT2D eigenvalue weighted by Gasteiger charge is 2.30. The van der Waals surface area contributed by atoms with Crippen LogP contribution >= 0.6 is 0 Å². The minimum absolute atomic E-state index is 0.0109. The van der Waals surface area contributed by atoms with E-state index in [1.807, 2.05) is 6.08 Å². The van der Waals surface area contributed by atoms with Gasteiger partial charge in [-0.2, -0.15) is 0 Å². The van der Waals surface area contributed by atoms with Crippen LogP contribution in [0.3, 0.4) is 0 Å². The first-order valence-corrected chi connectivity index (χ1v) is 4.71. The van der Waals surface area contributed by atoms with Crippen LogP contribution < -0.4 is 5.32 Å². The van der Waals surface area contributed by atoms with Gasteiger partial charge in [0, 0.05) is 6.04 Å². The lowest BCUT2D eigenvalue weighted by atomic mass is 9.89. The molecule has 1 aliphatic heterocycles. The van der Waals surface area contributed by atoms with Gasteiger partial charge in [0.05, 0.1) is 13.0 Å². The molecular formula is C10H17NO2. The van der Waals surface area contributed by atoms with E-state index >= 15 is 0 Å². The Morgan fingerprint density at radius 3 is 3.15 bits per heavy atom. The lowest BCUT2D eigenvalue weighted by Gasteiger charge is -2.29. The third kappa shape index (κ3) is 2.56. The number of nitrogens with one attached hydrogen (secondary N) is 1. The Labute approximate surface area is 79.2 Å². The van der Waals surface area contributed by atoms with E-state index in [-0.39, 0.29) is 17.9 Å². The molecule has 1 saturated heterocycles. The molecule has 0 spiro atoms. The molecule has 0 aromatic rings. The molecule has 1 N–H and O–H groups in total. The zero-order valence-electron chi connectivity index (χ0n) is 8.08. The van der Waals surface area contributed by atoms with Gasteiger partial charge in [-0.3, -0.25) is 4.79 Å². The molecule has 2 atom stereocenters. The van der Waals surface area contributed by atoms with Gasteiger partial charge in [-0.15, -0.1) is 6.58 Å². The molecular weight excluding hydrogens is 166 g/mol. The van der Waals surface area contributed by atoms with E-state index < -0.39 is 0 Å². The second kappa shape index (κ2) is 5.02. The summed E-state index contributed by atoms with van der Waals surface area (Å²) in [7, 11) is 1.45. The molecule has 0 radical (unpaired) electrons. The van der Waals surface area contributed by atoms with Gasteiger partial charge in [0.25, 0.3) is 0 Å². The van der Waals surface area contributed by atoms with Crippen molar-refractivity contribution in [3.8, 4) is 0 Å². The molecule has 0 saturated carbocycles. The van der Waals surface area contributed by atoms with Gasteiger partial charge in [0.15, 0.2) is 0 Å². The van der Waals surface area contributed by atoms with Crippen LogP contribution in [0.2, 0.25) is 0 Å². The minimum atomic E-state index is -0.0981. The molecule has 13 heavy (non-hydrogen) atoms. The first kappa shape index (κ1) is 10.3. The predicted molar refractivity (Wildman–Crippen MR) is 51.3 cm³/mol. The minimum Gasteiger partial charge on any atom is -0.469 e. The van der Waals surface area contributed by atoms with E-state index in [0.29, 0.717) is 0 Å². The zero-order chi connectivity index (χ0) is 9.68. The highest BCUT2D eigenvalue weighted by atomic mass is 16.5. The van der Waals surface area contributed by atoms with Crippen LogP contribution in [0.25, 0.3) is 0 Å². The predicted octanol–water partition coefficient (Wildman–Crippen LogP) is 1.10. The summed E-state index contributed by atoms with van der Waals surface area (Å²) in [5.74, 6) is -0.0872. The van der Waals surface area contributed by atoms with Crippen molar-refractivity contribution in [1.29, 1.82) is 0 Å². The van der Waals surface area contributed by atoms with Gasteiger partial charge in [-0.25, -0.2) is 0 Å². The van der Waals surface area contributed by atoms with E-state index in [1.165, 1.54) is 7.11 Å². The SMILES string of the molecule is C=CCC1NCCCC1C(=O)OC. The summed E-state index contributed by atoms with van der Waals surface area (Å²) < 4.78 is 4.75. The van der Waals surface area contributed by atoms with Crippen molar-refractivity contribution < 1.29 is 9.53 Å². The van der Waals surface area contributed by atoms with Crippen molar-refractivity contribution in [3.05, 3.63) is 12.7 Å². The highest BCUT2D eigenvalue weighted by molar-refractivity contribution is 5.73. The maximum absolute atomic E-state index is 11.4. The van der Waals surface area contributed by atoms with Gasteiger partial charge in [-0.1, -0.05) is 6.08 Å². The molecule has 0 aliphatic carbocycles. The molecule has 3 heteroatoms. The molecule has 1 heterocycles. The average molecular weight is 183 g/mol. The van der Waals surface area contributed by atoms with Crippen LogP contribution in [0.1, 0.15) is 19.3 Å². The summed E-state index contributed by atoms with van der Waals surface area (Å²) in [6, 6.07) is 0.221. The van der Waals surface area contributed by atoms with E-state index in [9.17, 15) is 4.79 Å². The summed E-state index contributed by atoms with van der Waals surface area (Å²) in [6.45, 7) is 4.67. The molecule has 74 valence electrons. The van der Waals surface area contributed by atoms with Gasteiger partial charge < -0.3 is 10.1 Å². The van der Waals surface area contributed by atoms with Crippen molar-refractivity contribution in [3.63, 3.8) is 0 Å². The Morgan fingerprint density at radius 1 is 1.77 bits per heavy atom. The van der Waals surface area contributed by atoms with Crippen LogP contribution in [0.4, 0.5) is 0 Å². The molecule has 0 amide bonds. The second-order valence-electron chi connectivity index (χ2n) is 3.36. The fourth-order valence-corrected chi connectivity index (χ4v) is 1.81. The van der Waals surface area contributed by atoms with Gasteiger partial charge in [-0.05, 0) is 25.8 Å². The third-order valence-corrected chi connectivity index (χ3v) is 2.51. The topological polar surface area (TPSA) is 38.3 Å². The quantitative estimate of drug-likeness (QED) is 0.526. The van der Waals surface area contributed by atoms with Crippen molar-refractivity contribution in [2.75, 3.05) is 13.7 Å². The van der Waals surface area contributed by atoms with Crippen molar-refractivity contribution in [2.24, 2.45) is 5.92 Å². The Bertz CT molecular complexity index is 191. The number of hydrogen-bond donors (Lipinski definition) is 1. The summed E-state index contributed by atoms with van der Waals surface area (Å²) in [5.41, 5.74) is 0. The highest BCUT2D eigenvalue weighted by Crippen LogP contribution is 2.20. The van der Waals surface area contributed by atoms with Gasteiger partial charge in [0.2, 0.25) is 0 Å². The second-order valence-corrected chi connectivity index (χ2v) is 3.36. The molecule has 1 rings (SSSR count).